The van der Waals surface area contributed by atoms with E-state index in [-0.39, 0.29) is 0 Å². The highest BCUT2D eigenvalue weighted by Gasteiger charge is 2.00. The Kier molecular flexibility index (Phi) is 2.97. The van der Waals surface area contributed by atoms with Crippen molar-refractivity contribution in [1.29, 1.82) is 0 Å². The minimum atomic E-state index is 0.532. The molecule has 22 heavy (non-hydrogen) atoms. The molecule has 0 saturated carbocycles. The topological polar surface area (TPSA) is 37.9 Å². The minimum absolute atomic E-state index is 0.532. The number of pyridine rings is 1. The molecule has 0 fully saturated rings. The van der Waals surface area contributed by atoms with Crippen molar-refractivity contribution in [3.63, 3.8) is 0 Å². The van der Waals surface area contributed by atoms with Crippen LogP contribution in [0.4, 0.5) is 0 Å². The molecule has 0 radical (unpaired) electrons. The van der Waals surface area contributed by atoms with Crippen LogP contribution >= 0.6 is 0 Å². The van der Waals surface area contributed by atoms with E-state index in [1.54, 1.807) is 12.4 Å². The van der Waals surface area contributed by atoms with Gasteiger partial charge in [0, 0.05) is 35.9 Å². The van der Waals surface area contributed by atoms with E-state index in [0.29, 0.717) is 12.6 Å². The third kappa shape index (κ3) is 2.53. The van der Waals surface area contributed by atoms with Gasteiger partial charge in [-0.05, 0) is 52.7 Å². The van der Waals surface area contributed by atoms with Gasteiger partial charge in [0.05, 0.1) is 7.98 Å². The van der Waals surface area contributed by atoms with Crippen LogP contribution < -0.4 is 4.74 Å². The molecule has 0 saturated heterocycles. The Labute approximate surface area is 130 Å². The number of H-pyrrole nitrogens is 1. The van der Waals surface area contributed by atoms with Gasteiger partial charge in [-0.15, -0.1) is 0 Å². The summed E-state index contributed by atoms with van der Waals surface area (Å²) in [6.07, 6.45) is 6.16. The molecule has 0 aliphatic carbocycles. The molecule has 3 heteroatoms. The van der Waals surface area contributed by atoms with Crippen LogP contribution in [0.1, 0.15) is 6.93 Å². The number of nitrogens with zero attached hydrogens (tertiary/aromatic N) is 1. The van der Waals surface area contributed by atoms with Crippen LogP contribution in [0.2, 0.25) is 0 Å². The van der Waals surface area contributed by atoms with E-state index in [2.05, 4.69) is 22.1 Å². The number of fused-ring (bicyclic) bond motifs is 2. The predicted molar refractivity (Wildman–Crippen MR) is 89.2 cm³/mol. The zero-order valence-corrected chi connectivity index (χ0v) is 12.0. The van der Waals surface area contributed by atoms with E-state index in [9.17, 15) is 0 Å². The Morgan fingerprint density at radius 2 is 2.05 bits per heavy atom. The van der Waals surface area contributed by atoms with Crippen LogP contribution in [-0.2, 0) is 6.42 Å². The number of rotatable bonds is 4. The Morgan fingerprint density at radius 3 is 3.05 bits per heavy atom. The Balaban J connectivity index is 1.46. The number of hydrogen-bond acceptors (Lipinski definition) is 2. The quantitative estimate of drug-likeness (QED) is 0.607. The van der Waals surface area contributed by atoms with Gasteiger partial charge in [0.15, 0.2) is 0 Å². The molecule has 2 heterocycles. The van der Waals surface area contributed by atoms with Crippen LogP contribution in [0.5, 0.6) is 5.75 Å². The van der Waals surface area contributed by atoms with Crippen LogP contribution in [-0.4, -0.2) is 16.6 Å². The number of ether oxygens (including phenoxy) is 1. The van der Waals surface area contributed by atoms with Crippen LogP contribution in [0.25, 0.3) is 21.7 Å². The summed E-state index contributed by atoms with van der Waals surface area (Å²) in [5.41, 5.74) is 2.18. The average Bonchev–Trinajstić information content (AvgIpc) is 2.96. The zero-order chi connectivity index (χ0) is 15.6. The van der Waals surface area contributed by atoms with E-state index < -0.39 is 0 Å². The van der Waals surface area contributed by atoms with Crippen molar-refractivity contribution in [2.45, 2.75) is 6.42 Å². The van der Waals surface area contributed by atoms with Gasteiger partial charge in [0.1, 0.15) is 5.75 Å². The standard InChI is InChI=1S/C19H16N2O/c1-4-19-16(6-9-21-19)11-14(1)7-10-22-18-3-2-15-5-8-20-13-17(15)12-18/h1-6,8-9,11-13,21H,7,10H2/i6D. The van der Waals surface area contributed by atoms with Crippen molar-refractivity contribution in [3.05, 3.63) is 72.7 Å². The third-order valence-electron chi connectivity index (χ3n) is 3.81. The highest BCUT2D eigenvalue weighted by Crippen LogP contribution is 2.20. The first kappa shape index (κ1) is 11.8. The lowest BCUT2D eigenvalue weighted by atomic mass is 10.1. The molecule has 0 amide bonds. The van der Waals surface area contributed by atoms with Gasteiger partial charge in [-0.25, -0.2) is 0 Å². The maximum Gasteiger partial charge on any atom is 0.120 e. The van der Waals surface area contributed by atoms with Crippen LogP contribution in [0.3, 0.4) is 0 Å². The van der Waals surface area contributed by atoms with Crippen molar-refractivity contribution in [2.24, 2.45) is 0 Å². The molecule has 0 atom stereocenters. The van der Waals surface area contributed by atoms with E-state index >= 15 is 0 Å². The van der Waals surface area contributed by atoms with Crippen molar-refractivity contribution in [1.82, 2.24) is 9.97 Å². The smallest absolute Gasteiger partial charge is 0.120 e. The summed E-state index contributed by atoms with van der Waals surface area (Å²) in [4.78, 5) is 7.23. The van der Waals surface area contributed by atoms with Gasteiger partial charge in [-0.1, -0.05) is 12.1 Å². The molecular weight excluding hydrogens is 272 g/mol. The van der Waals surface area contributed by atoms with E-state index in [1.807, 2.05) is 36.5 Å². The first-order valence-corrected chi connectivity index (χ1v) is 7.33. The molecule has 3 nitrogen and oxygen atoms in total. The Hall–Kier alpha value is -2.81. The molecule has 0 aliphatic heterocycles. The molecular formula is C19H16N2O. The summed E-state index contributed by atoms with van der Waals surface area (Å²) in [6.45, 7) is 0.606. The van der Waals surface area contributed by atoms with Crippen LogP contribution in [0.15, 0.2) is 67.1 Å². The van der Waals surface area contributed by atoms with Crippen molar-refractivity contribution >= 4 is 21.7 Å². The summed E-state index contributed by atoms with van der Waals surface area (Å²) >= 11 is 0. The summed E-state index contributed by atoms with van der Waals surface area (Å²) in [7, 11) is 0. The highest BCUT2D eigenvalue weighted by atomic mass is 16.5. The van der Waals surface area contributed by atoms with Gasteiger partial charge in [0.2, 0.25) is 0 Å². The summed E-state index contributed by atoms with van der Waals surface area (Å²) in [5.74, 6) is 0.856. The fraction of sp³-hybridized carbons (Fsp3) is 0.105. The fourth-order valence-corrected chi connectivity index (χ4v) is 2.62. The monoisotopic (exact) mass is 289 g/mol. The number of aromatic amines is 1. The second kappa shape index (κ2) is 5.53. The normalized spacial score (nSPS) is 11.7. The van der Waals surface area contributed by atoms with Crippen molar-refractivity contribution in [2.75, 3.05) is 6.61 Å². The van der Waals surface area contributed by atoms with Crippen LogP contribution in [0, 0.1) is 0 Å². The van der Waals surface area contributed by atoms with Gasteiger partial charge < -0.3 is 9.72 Å². The zero-order valence-electron chi connectivity index (χ0n) is 13.0. The number of nitrogens with one attached hydrogen (secondary N) is 1. The van der Waals surface area contributed by atoms with Gasteiger partial charge in [-0.3, -0.25) is 4.98 Å². The maximum atomic E-state index is 7.86. The largest absolute Gasteiger partial charge is 0.493 e. The van der Waals surface area contributed by atoms with Gasteiger partial charge in [-0.2, -0.15) is 0 Å². The molecule has 2 aromatic heterocycles. The minimum Gasteiger partial charge on any atom is -0.493 e. The summed E-state index contributed by atoms with van der Waals surface area (Å²) in [6, 6.07) is 14.7. The van der Waals surface area contributed by atoms with E-state index in [0.717, 1.165) is 33.8 Å². The molecule has 0 aliphatic rings. The number of hydrogen-bond donors (Lipinski definition) is 1. The lowest BCUT2D eigenvalue weighted by molar-refractivity contribution is 0.322. The van der Waals surface area contributed by atoms with E-state index in [1.165, 1.54) is 5.56 Å². The summed E-state index contributed by atoms with van der Waals surface area (Å²) in [5, 5.41) is 3.20. The summed E-state index contributed by atoms with van der Waals surface area (Å²) < 4.78 is 13.7. The molecule has 108 valence electrons. The highest BCUT2D eigenvalue weighted by molar-refractivity contribution is 5.82. The number of aromatic nitrogens is 2. The SMILES string of the molecule is [2H]c1c[nH]c2ccc(CCOc3ccc4ccncc4c3)cc12. The third-order valence-corrected chi connectivity index (χ3v) is 3.81. The second-order valence-corrected chi connectivity index (χ2v) is 5.30. The first-order valence-electron chi connectivity index (χ1n) is 7.83. The molecule has 4 rings (SSSR count). The molecule has 1 N–H and O–H groups in total. The lowest BCUT2D eigenvalue weighted by Gasteiger charge is -2.07. The average molecular weight is 289 g/mol. The van der Waals surface area contributed by atoms with Gasteiger partial charge >= 0.3 is 0 Å². The van der Waals surface area contributed by atoms with E-state index in [4.69, 9.17) is 6.11 Å². The maximum absolute atomic E-state index is 7.86. The Bertz CT molecular complexity index is 977. The van der Waals surface area contributed by atoms with Gasteiger partial charge in [0.25, 0.3) is 0 Å². The second-order valence-electron chi connectivity index (χ2n) is 5.30. The fourth-order valence-electron chi connectivity index (χ4n) is 2.62. The number of benzene rings is 2. The van der Waals surface area contributed by atoms with Crippen molar-refractivity contribution < 1.29 is 6.11 Å². The molecule has 0 bridgehead atoms. The first-order chi connectivity index (χ1) is 11.3. The molecule has 4 aromatic rings. The van der Waals surface area contributed by atoms with Crippen molar-refractivity contribution in [3.8, 4) is 5.75 Å². The predicted octanol–water partition coefficient (Wildman–Crippen LogP) is 4.34. The molecule has 0 unspecified atom stereocenters. The lowest BCUT2D eigenvalue weighted by Crippen LogP contribution is -2.01. The molecule has 0 spiro atoms. The Morgan fingerprint density at radius 1 is 1.05 bits per heavy atom. The molecule has 2 aromatic carbocycles.